The van der Waals surface area contributed by atoms with Gasteiger partial charge in [-0.1, -0.05) is 62.4 Å². The molecule has 0 aliphatic heterocycles. The molecule has 0 spiro atoms. The number of nitrogens with one attached hydrogen (secondary N) is 1. The van der Waals surface area contributed by atoms with E-state index in [1.165, 1.54) is 11.9 Å². The summed E-state index contributed by atoms with van der Waals surface area (Å²) >= 11 is 0. The lowest BCUT2D eigenvalue weighted by Gasteiger charge is -2.25. The summed E-state index contributed by atoms with van der Waals surface area (Å²) in [5, 5.41) is 11.5. The normalized spacial score (nSPS) is 13.2. The van der Waals surface area contributed by atoms with Crippen LogP contribution in [-0.2, 0) is 14.3 Å². The largest absolute Gasteiger partial charge is 0.481 e. The lowest BCUT2D eigenvalue weighted by Crippen LogP contribution is -2.48. The lowest BCUT2D eigenvalue weighted by atomic mass is 9.98. The van der Waals surface area contributed by atoms with Crippen LogP contribution in [0.1, 0.15) is 43.7 Å². The van der Waals surface area contributed by atoms with E-state index < -0.39 is 18.1 Å². The summed E-state index contributed by atoms with van der Waals surface area (Å²) < 4.78 is 5.56. The van der Waals surface area contributed by atoms with Gasteiger partial charge in [-0.15, -0.1) is 0 Å². The zero-order valence-electron chi connectivity index (χ0n) is 18.7. The number of carboxylic acid groups (broad SMARTS) is 1. The van der Waals surface area contributed by atoms with Gasteiger partial charge in [0.2, 0.25) is 5.91 Å². The van der Waals surface area contributed by atoms with Crippen molar-refractivity contribution in [2.75, 3.05) is 20.2 Å². The summed E-state index contributed by atoms with van der Waals surface area (Å²) in [6, 6.07) is 15.4. The molecule has 7 nitrogen and oxygen atoms in total. The highest BCUT2D eigenvalue weighted by Crippen LogP contribution is 2.44. The highest BCUT2D eigenvalue weighted by Gasteiger charge is 2.30. The van der Waals surface area contributed by atoms with Crippen LogP contribution in [0, 0.1) is 5.92 Å². The first-order valence-corrected chi connectivity index (χ1v) is 10.9. The van der Waals surface area contributed by atoms with Crippen LogP contribution >= 0.6 is 0 Å². The van der Waals surface area contributed by atoms with E-state index >= 15 is 0 Å². The van der Waals surface area contributed by atoms with E-state index in [9.17, 15) is 14.4 Å². The molecule has 1 aliphatic carbocycles. The van der Waals surface area contributed by atoms with E-state index in [0.29, 0.717) is 6.42 Å². The van der Waals surface area contributed by atoms with E-state index in [1.807, 2.05) is 50.2 Å². The van der Waals surface area contributed by atoms with Crippen LogP contribution in [-0.4, -0.2) is 54.2 Å². The summed E-state index contributed by atoms with van der Waals surface area (Å²) in [5.74, 6) is -1.21. The van der Waals surface area contributed by atoms with Crippen LogP contribution in [0.2, 0.25) is 0 Å². The fourth-order valence-corrected chi connectivity index (χ4v) is 4.11. The molecule has 7 heteroatoms. The molecule has 2 aromatic carbocycles. The number of carboxylic acids is 1. The molecule has 2 amide bonds. The van der Waals surface area contributed by atoms with Gasteiger partial charge < -0.3 is 20.1 Å². The third-order valence-electron chi connectivity index (χ3n) is 5.68. The lowest BCUT2D eigenvalue weighted by molar-refractivity contribution is -0.138. The second kappa shape index (κ2) is 10.3. The molecule has 0 radical (unpaired) electrons. The first-order valence-electron chi connectivity index (χ1n) is 10.9. The van der Waals surface area contributed by atoms with Crippen LogP contribution in [0.5, 0.6) is 0 Å². The smallest absolute Gasteiger partial charge is 0.407 e. The van der Waals surface area contributed by atoms with Crippen LogP contribution < -0.4 is 5.32 Å². The van der Waals surface area contributed by atoms with Gasteiger partial charge in [-0.25, -0.2) is 4.79 Å². The summed E-state index contributed by atoms with van der Waals surface area (Å²) in [6.07, 6.45) is -0.375. The summed E-state index contributed by atoms with van der Waals surface area (Å²) in [5.41, 5.74) is 4.52. The topological polar surface area (TPSA) is 95.9 Å². The number of carbonyl (C=O) groups excluding carboxylic acids is 2. The van der Waals surface area contributed by atoms with Crippen molar-refractivity contribution in [1.29, 1.82) is 0 Å². The van der Waals surface area contributed by atoms with Crippen molar-refractivity contribution in [3.63, 3.8) is 0 Å². The van der Waals surface area contributed by atoms with Crippen molar-refractivity contribution in [2.24, 2.45) is 5.92 Å². The van der Waals surface area contributed by atoms with Crippen molar-refractivity contribution >= 4 is 18.0 Å². The SMILES string of the molecule is CC(C)C[C@H](NC(=O)OCC1c2ccccc2-c2ccccc21)C(=O)N(C)CCC(=O)O. The van der Waals surface area contributed by atoms with Gasteiger partial charge in [-0.3, -0.25) is 9.59 Å². The maximum absolute atomic E-state index is 12.8. The quantitative estimate of drug-likeness (QED) is 0.620. The molecular formula is C25H30N2O5. The molecule has 170 valence electrons. The molecule has 0 unspecified atom stereocenters. The first kappa shape index (κ1) is 23.3. The number of fused-ring (bicyclic) bond motifs is 3. The summed E-state index contributed by atoms with van der Waals surface area (Å²) in [4.78, 5) is 37.5. The number of carbonyl (C=O) groups is 3. The Hall–Kier alpha value is -3.35. The fourth-order valence-electron chi connectivity index (χ4n) is 4.11. The highest BCUT2D eigenvalue weighted by atomic mass is 16.5. The van der Waals surface area contributed by atoms with Gasteiger partial charge in [-0.05, 0) is 34.6 Å². The number of amides is 2. The fraction of sp³-hybridized carbons (Fsp3) is 0.400. The molecule has 32 heavy (non-hydrogen) atoms. The van der Waals surface area contributed by atoms with Crippen molar-refractivity contribution in [2.45, 2.75) is 38.6 Å². The van der Waals surface area contributed by atoms with Crippen LogP contribution in [0.25, 0.3) is 11.1 Å². The predicted octanol–water partition coefficient (Wildman–Crippen LogP) is 3.87. The van der Waals surface area contributed by atoms with Gasteiger partial charge in [0.05, 0.1) is 6.42 Å². The average Bonchev–Trinajstić information content (AvgIpc) is 3.08. The van der Waals surface area contributed by atoms with Gasteiger partial charge in [0, 0.05) is 19.5 Å². The number of alkyl carbamates (subject to hydrolysis) is 1. The van der Waals surface area contributed by atoms with Gasteiger partial charge in [0.15, 0.2) is 0 Å². The number of nitrogens with zero attached hydrogens (tertiary/aromatic N) is 1. The maximum atomic E-state index is 12.8. The number of aliphatic carboxylic acids is 1. The van der Waals surface area contributed by atoms with Gasteiger partial charge in [-0.2, -0.15) is 0 Å². The minimum absolute atomic E-state index is 0.0642. The molecule has 0 bridgehead atoms. The molecule has 0 heterocycles. The zero-order valence-corrected chi connectivity index (χ0v) is 18.7. The standard InChI is InChI=1S/C25H30N2O5/c1-16(2)14-22(24(30)27(3)13-12-23(28)29)26-25(31)32-15-21-19-10-6-4-8-17(19)18-9-5-7-11-20(18)21/h4-11,16,21-22H,12-15H2,1-3H3,(H,26,31)(H,28,29)/t22-/m0/s1. The van der Waals surface area contributed by atoms with E-state index in [-0.39, 0.29) is 37.3 Å². The van der Waals surface area contributed by atoms with Crippen LogP contribution in [0.4, 0.5) is 4.79 Å². The molecule has 1 atom stereocenters. The zero-order chi connectivity index (χ0) is 23.3. The molecule has 0 aromatic heterocycles. The Kier molecular flexibility index (Phi) is 7.51. The van der Waals surface area contributed by atoms with Gasteiger partial charge >= 0.3 is 12.1 Å². The van der Waals surface area contributed by atoms with E-state index in [2.05, 4.69) is 17.4 Å². The third-order valence-corrected chi connectivity index (χ3v) is 5.68. The van der Waals surface area contributed by atoms with Gasteiger partial charge in [0.1, 0.15) is 12.6 Å². The molecule has 0 saturated carbocycles. The molecule has 0 saturated heterocycles. The van der Waals surface area contributed by atoms with E-state index in [0.717, 1.165) is 22.3 Å². The molecular weight excluding hydrogens is 408 g/mol. The first-order chi connectivity index (χ1) is 15.3. The Bertz CT molecular complexity index is 942. The Morgan fingerprint density at radius 2 is 1.59 bits per heavy atom. The maximum Gasteiger partial charge on any atom is 0.407 e. The summed E-state index contributed by atoms with van der Waals surface area (Å²) in [6.45, 7) is 4.15. The van der Waals surface area contributed by atoms with Crippen LogP contribution in [0.3, 0.4) is 0 Å². The molecule has 2 aromatic rings. The molecule has 2 N–H and O–H groups in total. The average molecular weight is 439 g/mol. The number of hydrogen-bond donors (Lipinski definition) is 2. The van der Waals surface area contributed by atoms with E-state index in [4.69, 9.17) is 9.84 Å². The van der Waals surface area contributed by atoms with Gasteiger partial charge in [0.25, 0.3) is 0 Å². The number of rotatable bonds is 9. The number of ether oxygens (including phenoxy) is 1. The minimum Gasteiger partial charge on any atom is -0.481 e. The Morgan fingerprint density at radius 3 is 2.12 bits per heavy atom. The van der Waals surface area contributed by atoms with Crippen molar-refractivity contribution < 1.29 is 24.2 Å². The number of likely N-dealkylation sites (N-methyl/N-ethyl adjacent to an activating group) is 1. The minimum atomic E-state index is -0.977. The molecule has 1 aliphatic rings. The second-order valence-electron chi connectivity index (χ2n) is 8.56. The number of benzene rings is 2. The molecule has 0 fully saturated rings. The Balaban J connectivity index is 1.65. The Morgan fingerprint density at radius 1 is 1.03 bits per heavy atom. The third kappa shape index (κ3) is 5.46. The van der Waals surface area contributed by atoms with Crippen molar-refractivity contribution in [3.05, 3.63) is 59.7 Å². The van der Waals surface area contributed by atoms with Crippen LogP contribution in [0.15, 0.2) is 48.5 Å². The van der Waals surface area contributed by atoms with Crippen molar-refractivity contribution in [1.82, 2.24) is 10.2 Å². The number of hydrogen-bond acceptors (Lipinski definition) is 4. The van der Waals surface area contributed by atoms with E-state index in [1.54, 1.807) is 0 Å². The predicted molar refractivity (Wildman–Crippen MR) is 121 cm³/mol. The monoisotopic (exact) mass is 438 g/mol. The Labute approximate surface area is 188 Å². The summed E-state index contributed by atoms with van der Waals surface area (Å²) in [7, 11) is 1.54. The second-order valence-corrected chi connectivity index (χ2v) is 8.56. The molecule has 3 rings (SSSR count). The van der Waals surface area contributed by atoms with Crippen molar-refractivity contribution in [3.8, 4) is 11.1 Å². The highest BCUT2D eigenvalue weighted by molar-refractivity contribution is 5.86.